The summed E-state index contributed by atoms with van der Waals surface area (Å²) in [6.07, 6.45) is 8.35. The molecule has 6 nitrogen and oxygen atoms in total. The van der Waals surface area contributed by atoms with Crippen molar-refractivity contribution in [2.24, 2.45) is 5.92 Å². The Morgan fingerprint density at radius 3 is 2.27 bits per heavy atom. The Hall–Kier alpha value is -3.94. The smallest absolute Gasteiger partial charge is 0.355 e. The zero-order valence-corrected chi connectivity index (χ0v) is 27.9. The van der Waals surface area contributed by atoms with E-state index in [1.807, 2.05) is 54.6 Å². The van der Waals surface area contributed by atoms with Crippen LogP contribution < -0.4 is 5.56 Å². The van der Waals surface area contributed by atoms with Crippen molar-refractivity contribution in [3.8, 4) is 11.1 Å². The molecule has 3 aromatic carbocycles. The lowest BCUT2D eigenvalue weighted by molar-refractivity contribution is 0.0585. The molecule has 0 N–H and O–H groups in total. The van der Waals surface area contributed by atoms with Gasteiger partial charge in [0, 0.05) is 22.0 Å². The van der Waals surface area contributed by atoms with Gasteiger partial charge in [0.05, 0.1) is 20.8 Å². The first-order valence-electron chi connectivity index (χ1n) is 15.7. The number of benzene rings is 3. The monoisotopic (exact) mass is 668 g/mol. The van der Waals surface area contributed by atoms with E-state index in [1.165, 1.54) is 18.2 Å². The van der Waals surface area contributed by atoms with Crippen LogP contribution in [0.25, 0.3) is 27.5 Å². The van der Waals surface area contributed by atoms with Crippen LogP contribution in [0.2, 0.25) is 0 Å². The van der Waals surface area contributed by atoms with Crippen molar-refractivity contribution in [2.45, 2.75) is 39.2 Å². The minimum Gasteiger partial charge on any atom is -0.500 e. The van der Waals surface area contributed by atoms with Gasteiger partial charge in [0.15, 0.2) is 0 Å². The number of halogens is 1. The zero-order valence-electron chi connectivity index (χ0n) is 26.3. The fourth-order valence-electron chi connectivity index (χ4n) is 6.14. The van der Waals surface area contributed by atoms with Gasteiger partial charge < -0.3 is 14.0 Å². The normalized spacial score (nSPS) is 14.9. The molecule has 0 radical (unpaired) electrons. The van der Waals surface area contributed by atoms with Crippen LogP contribution in [-0.4, -0.2) is 49.3 Å². The number of carbonyl (C=O) groups is 1. The summed E-state index contributed by atoms with van der Waals surface area (Å²) < 4.78 is 13.6. The maximum Gasteiger partial charge on any atom is 0.355 e. The fraction of sp³-hybridized carbons (Fsp3) is 0.316. The number of methoxy groups -OCH3 is 2. The van der Waals surface area contributed by atoms with E-state index in [0.29, 0.717) is 17.6 Å². The number of hydrogen-bond acceptors (Lipinski definition) is 5. The highest BCUT2D eigenvalue weighted by Crippen LogP contribution is 2.34. The minimum absolute atomic E-state index is 0.170. The van der Waals surface area contributed by atoms with Gasteiger partial charge in [-0.1, -0.05) is 96.0 Å². The predicted molar refractivity (Wildman–Crippen MR) is 186 cm³/mol. The summed E-state index contributed by atoms with van der Waals surface area (Å²) in [5, 5.41) is 1.32. The van der Waals surface area contributed by atoms with E-state index in [0.717, 1.165) is 72.1 Å². The molecule has 1 aromatic heterocycles. The van der Waals surface area contributed by atoms with Crippen LogP contribution in [0.3, 0.4) is 0 Å². The number of likely N-dealkylation sites (tertiary alicyclic amines) is 1. The predicted octanol–water partition coefficient (Wildman–Crippen LogP) is 8.34. The Kier molecular flexibility index (Phi) is 11.1. The second-order valence-electron chi connectivity index (χ2n) is 11.5. The molecule has 0 bridgehead atoms. The molecule has 1 fully saturated rings. The number of aromatic nitrogens is 1. The van der Waals surface area contributed by atoms with Gasteiger partial charge in [-0.2, -0.15) is 0 Å². The maximum absolute atomic E-state index is 14.0. The summed E-state index contributed by atoms with van der Waals surface area (Å²) in [5.74, 6) is 0.653. The lowest BCUT2D eigenvalue weighted by atomic mass is 9.93. The molecule has 7 heteroatoms. The Morgan fingerprint density at radius 2 is 1.62 bits per heavy atom. The topological polar surface area (TPSA) is 60.8 Å². The van der Waals surface area contributed by atoms with E-state index in [1.54, 1.807) is 11.7 Å². The van der Waals surface area contributed by atoms with Crippen molar-refractivity contribution in [1.82, 2.24) is 9.47 Å². The molecule has 0 amide bonds. The lowest BCUT2D eigenvalue weighted by Crippen LogP contribution is -2.38. The number of rotatable bonds is 11. The largest absolute Gasteiger partial charge is 0.500 e. The average Bonchev–Trinajstić information content (AvgIpc) is 3.08. The molecule has 0 aliphatic carbocycles. The van der Waals surface area contributed by atoms with Gasteiger partial charge in [0.25, 0.3) is 5.56 Å². The summed E-state index contributed by atoms with van der Waals surface area (Å²) in [5.41, 5.74) is 4.08. The lowest BCUT2D eigenvalue weighted by Gasteiger charge is -2.33. The van der Waals surface area contributed by atoms with Gasteiger partial charge in [-0.05, 0) is 84.6 Å². The number of hydrogen-bond donors (Lipinski definition) is 0. The second-order valence-corrected chi connectivity index (χ2v) is 12.5. The first-order valence-corrected chi connectivity index (χ1v) is 16.4. The molecule has 234 valence electrons. The van der Waals surface area contributed by atoms with Crippen LogP contribution in [-0.2, 0) is 16.0 Å². The Bertz CT molecular complexity index is 1740. The van der Waals surface area contributed by atoms with Crippen molar-refractivity contribution >= 4 is 38.2 Å². The van der Waals surface area contributed by atoms with E-state index in [4.69, 9.17) is 9.47 Å². The van der Waals surface area contributed by atoms with Gasteiger partial charge in [0.1, 0.15) is 11.5 Å². The molecule has 1 saturated heterocycles. The molecule has 1 aliphatic heterocycles. The number of piperidine rings is 1. The van der Waals surface area contributed by atoms with Crippen molar-refractivity contribution in [1.29, 1.82) is 0 Å². The Morgan fingerprint density at radius 1 is 0.933 bits per heavy atom. The second kappa shape index (κ2) is 15.4. The molecule has 0 spiro atoms. The van der Waals surface area contributed by atoms with Gasteiger partial charge in [-0.25, -0.2) is 4.79 Å². The van der Waals surface area contributed by atoms with E-state index < -0.39 is 5.97 Å². The van der Waals surface area contributed by atoms with Crippen LogP contribution in [0.4, 0.5) is 0 Å². The summed E-state index contributed by atoms with van der Waals surface area (Å²) >= 11 is 3.56. The van der Waals surface area contributed by atoms with Crippen LogP contribution >= 0.6 is 15.9 Å². The highest BCUT2D eigenvalue weighted by molar-refractivity contribution is 9.10. The van der Waals surface area contributed by atoms with E-state index in [-0.39, 0.29) is 11.5 Å². The summed E-state index contributed by atoms with van der Waals surface area (Å²) in [6.45, 7) is 5.10. The zero-order chi connectivity index (χ0) is 31.8. The van der Waals surface area contributed by atoms with Crippen molar-refractivity contribution in [3.05, 3.63) is 123 Å². The summed E-state index contributed by atoms with van der Waals surface area (Å²) in [6, 6.07) is 25.8. The standard InChI is InChI=1S/C38H41BrN2O4/c1-4-5-12-30(28-13-8-6-9-14-28)23-32(44-2)26-40-21-19-27(20-22-40)25-41-36(38(43)45-3)35(29-15-10-7-11-16-29)34-24-31(39)17-18-33(34)37(41)42/h6-18,23-24,27H,4-5,19-22,25-26H2,1-3H3. The van der Waals surface area contributed by atoms with Crippen molar-refractivity contribution in [2.75, 3.05) is 33.9 Å². The minimum atomic E-state index is -0.509. The number of ether oxygens (including phenoxy) is 2. The molecule has 1 aliphatic rings. The third kappa shape index (κ3) is 7.66. The number of esters is 1. The number of fused-ring (bicyclic) bond motifs is 1. The molecule has 2 heterocycles. The van der Waals surface area contributed by atoms with Gasteiger partial charge >= 0.3 is 5.97 Å². The van der Waals surface area contributed by atoms with Crippen molar-refractivity contribution < 1.29 is 14.3 Å². The summed E-state index contributed by atoms with van der Waals surface area (Å²) in [7, 11) is 3.11. The Labute approximate surface area is 274 Å². The molecule has 5 rings (SSSR count). The molecule has 4 aromatic rings. The summed E-state index contributed by atoms with van der Waals surface area (Å²) in [4.78, 5) is 29.8. The van der Waals surface area contributed by atoms with Crippen LogP contribution in [0.5, 0.6) is 0 Å². The first-order chi connectivity index (χ1) is 21.9. The average molecular weight is 670 g/mol. The van der Waals surface area contributed by atoms with Gasteiger partial charge in [-0.3, -0.25) is 9.69 Å². The van der Waals surface area contributed by atoms with Crippen LogP contribution in [0.15, 0.2) is 106 Å². The SMILES string of the molecule is CCCC=C(C=C(CN1CCC(Cn2c(C(=O)OC)c(-c3ccccc3)c3cc(Br)ccc3c2=O)CC1)OC)c1ccccc1. The number of allylic oxidation sites excluding steroid dienone is 3. The third-order valence-electron chi connectivity index (χ3n) is 8.54. The molecule has 0 saturated carbocycles. The third-order valence-corrected chi connectivity index (χ3v) is 9.03. The van der Waals surface area contributed by atoms with Gasteiger partial charge in [-0.15, -0.1) is 0 Å². The molecule has 45 heavy (non-hydrogen) atoms. The number of pyridine rings is 1. The molecule has 0 atom stereocenters. The van der Waals surface area contributed by atoms with E-state index >= 15 is 0 Å². The van der Waals surface area contributed by atoms with Gasteiger partial charge in [0.2, 0.25) is 0 Å². The highest BCUT2D eigenvalue weighted by atomic mass is 79.9. The van der Waals surface area contributed by atoms with E-state index in [2.05, 4.69) is 64.2 Å². The highest BCUT2D eigenvalue weighted by Gasteiger charge is 2.27. The first kappa shape index (κ1) is 32.5. The number of nitrogens with zero attached hydrogens (tertiary/aromatic N) is 2. The number of unbranched alkanes of at least 4 members (excludes halogenated alkanes) is 1. The maximum atomic E-state index is 14.0. The fourth-order valence-corrected chi connectivity index (χ4v) is 6.50. The molecular formula is C38H41BrN2O4. The van der Waals surface area contributed by atoms with E-state index in [9.17, 15) is 9.59 Å². The quantitative estimate of drug-likeness (QED) is 0.0913. The van der Waals surface area contributed by atoms with Crippen LogP contribution in [0.1, 0.15) is 48.7 Å². The van der Waals surface area contributed by atoms with Crippen LogP contribution in [0, 0.1) is 5.92 Å². The molecule has 0 unspecified atom stereocenters. The van der Waals surface area contributed by atoms with Crippen molar-refractivity contribution in [3.63, 3.8) is 0 Å². The molecular weight excluding hydrogens is 628 g/mol. The Balaban J connectivity index is 1.40. The number of carbonyl (C=O) groups excluding carboxylic acids is 1.